The Labute approximate surface area is 216 Å². The van der Waals surface area contributed by atoms with Gasteiger partial charge in [0.1, 0.15) is 0 Å². The number of benzene rings is 3. The molecule has 37 heavy (non-hydrogen) atoms. The fourth-order valence-corrected chi connectivity index (χ4v) is 3.53. The van der Waals surface area contributed by atoms with E-state index in [9.17, 15) is 14.4 Å². The molecule has 0 saturated carbocycles. The summed E-state index contributed by atoms with van der Waals surface area (Å²) in [5.41, 5.74) is 2.30. The highest BCUT2D eigenvalue weighted by atomic mass is 16.5. The Bertz CT molecular complexity index is 1250. The number of nitrogens with one attached hydrogen (secondary N) is 2. The largest absolute Gasteiger partial charge is 0.493 e. The van der Waals surface area contributed by atoms with Gasteiger partial charge in [-0.1, -0.05) is 36.4 Å². The van der Waals surface area contributed by atoms with Crippen molar-refractivity contribution in [3.63, 3.8) is 0 Å². The topological polar surface area (TPSA) is 106 Å². The van der Waals surface area contributed by atoms with Crippen LogP contribution in [0.1, 0.15) is 28.4 Å². The Morgan fingerprint density at radius 1 is 0.865 bits per heavy atom. The number of ether oxygens (including phenoxy) is 3. The van der Waals surface area contributed by atoms with E-state index >= 15 is 0 Å². The highest BCUT2D eigenvalue weighted by Crippen LogP contribution is 2.37. The van der Waals surface area contributed by atoms with E-state index < -0.39 is 5.97 Å². The van der Waals surface area contributed by atoms with Crippen LogP contribution in [0.5, 0.6) is 17.2 Å². The molecule has 3 rings (SSSR count). The van der Waals surface area contributed by atoms with Gasteiger partial charge in [-0.2, -0.15) is 0 Å². The van der Waals surface area contributed by atoms with Crippen molar-refractivity contribution in [2.45, 2.75) is 19.9 Å². The Hall–Kier alpha value is -4.53. The fraction of sp³-hybridized carbons (Fsp3) is 0.250. The van der Waals surface area contributed by atoms with Gasteiger partial charge in [0, 0.05) is 25.7 Å². The monoisotopic (exact) mass is 505 g/mol. The average Bonchev–Trinajstić information content (AvgIpc) is 2.90. The Kier molecular flexibility index (Phi) is 9.48. The van der Waals surface area contributed by atoms with Gasteiger partial charge in [-0.25, -0.2) is 4.79 Å². The second kappa shape index (κ2) is 13.0. The highest BCUT2D eigenvalue weighted by Gasteiger charge is 2.18. The molecule has 0 spiro atoms. The third kappa shape index (κ3) is 7.47. The minimum absolute atomic E-state index is 0.0564. The van der Waals surface area contributed by atoms with Crippen molar-refractivity contribution in [1.82, 2.24) is 10.2 Å². The van der Waals surface area contributed by atoms with Crippen LogP contribution >= 0.6 is 0 Å². The second-order valence-electron chi connectivity index (χ2n) is 8.18. The minimum atomic E-state index is -0.392. The van der Waals surface area contributed by atoms with Crippen molar-refractivity contribution in [3.05, 3.63) is 83.4 Å². The zero-order valence-corrected chi connectivity index (χ0v) is 21.4. The van der Waals surface area contributed by atoms with E-state index in [0.29, 0.717) is 47.2 Å². The molecule has 0 radical (unpaired) electrons. The number of carbonyl (C=O) groups excluding carboxylic acids is 3. The van der Waals surface area contributed by atoms with Crippen molar-refractivity contribution in [2.24, 2.45) is 0 Å². The van der Waals surface area contributed by atoms with E-state index in [2.05, 4.69) is 10.6 Å². The third-order valence-corrected chi connectivity index (χ3v) is 5.45. The lowest BCUT2D eigenvalue weighted by Crippen LogP contribution is -2.31. The van der Waals surface area contributed by atoms with E-state index in [4.69, 9.17) is 14.2 Å². The lowest BCUT2D eigenvalue weighted by Gasteiger charge is -2.20. The van der Waals surface area contributed by atoms with Gasteiger partial charge >= 0.3 is 12.0 Å². The molecule has 3 amide bonds. The summed E-state index contributed by atoms with van der Waals surface area (Å²) >= 11 is 0. The maximum absolute atomic E-state index is 13.0. The zero-order valence-electron chi connectivity index (χ0n) is 21.4. The van der Waals surface area contributed by atoms with Crippen LogP contribution in [0.2, 0.25) is 0 Å². The smallest absolute Gasteiger partial charge is 0.321 e. The van der Waals surface area contributed by atoms with Gasteiger partial charge in [0.2, 0.25) is 0 Å². The molecule has 0 aromatic heterocycles. The van der Waals surface area contributed by atoms with Gasteiger partial charge in [0.15, 0.2) is 17.2 Å². The van der Waals surface area contributed by atoms with Crippen LogP contribution in [0.25, 0.3) is 0 Å². The van der Waals surface area contributed by atoms with Gasteiger partial charge in [0.25, 0.3) is 5.91 Å². The van der Waals surface area contributed by atoms with E-state index in [0.717, 1.165) is 5.56 Å². The molecule has 0 aliphatic heterocycles. The molecule has 9 heteroatoms. The summed E-state index contributed by atoms with van der Waals surface area (Å²) in [6, 6.07) is 19.1. The standard InChI is InChI=1S/C28H31N3O6/c1-5-29-27(33)21-12-14-23(37-25-15-20(16-26(32)36-4)11-13-24(25)35-3)22(17-21)30-28(34)31(2)18-19-9-7-6-8-10-19/h6-15,17H,5,16,18H2,1-4H3,(H,29,33)(H,30,34). The number of hydrogen-bond acceptors (Lipinski definition) is 6. The van der Waals surface area contributed by atoms with Crippen LogP contribution in [0, 0.1) is 0 Å². The molecule has 2 N–H and O–H groups in total. The number of amides is 3. The Morgan fingerprint density at radius 2 is 1.59 bits per heavy atom. The summed E-state index contributed by atoms with van der Waals surface area (Å²) in [5, 5.41) is 5.60. The van der Waals surface area contributed by atoms with Gasteiger partial charge in [0.05, 0.1) is 26.3 Å². The number of esters is 1. The molecule has 194 valence electrons. The molecule has 0 bridgehead atoms. The molecule has 0 atom stereocenters. The predicted molar refractivity (Wildman–Crippen MR) is 140 cm³/mol. The average molecular weight is 506 g/mol. The highest BCUT2D eigenvalue weighted by molar-refractivity contribution is 5.98. The molecule has 3 aromatic rings. The molecular formula is C28H31N3O6. The van der Waals surface area contributed by atoms with Crippen LogP contribution in [-0.2, 0) is 22.5 Å². The number of anilines is 1. The minimum Gasteiger partial charge on any atom is -0.493 e. The van der Waals surface area contributed by atoms with E-state index in [1.807, 2.05) is 37.3 Å². The fourth-order valence-electron chi connectivity index (χ4n) is 3.53. The third-order valence-electron chi connectivity index (χ3n) is 5.45. The van der Waals surface area contributed by atoms with Crippen molar-refractivity contribution in [1.29, 1.82) is 0 Å². The Morgan fingerprint density at radius 3 is 2.27 bits per heavy atom. The number of urea groups is 1. The number of hydrogen-bond donors (Lipinski definition) is 2. The maximum atomic E-state index is 13.0. The van der Waals surface area contributed by atoms with Crippen LogP contribution in [0.15, 0.2) is 66.7 Å². The van der Waals surface area contributed by atoms with Gasteiger partial charge < -0.3 is 29.7 Å². The number of nitrogens with zero attached hydrogens (tertiary/aromatic N) is 1. The lowest BCUT2D eigenvalue weighted by atomic mass is 10.1. The predicted octanol–water partition coefficient (Wildman–Crippen LogP) is 4.62. The first-order valence-electron chi connectivity index (χ1n) is 11.7. The molecule has 0 aliphatic rings. The number of methoxy groups -OCH3 is 2. The summed E-state index contributed by atoms with van der Waals surface area (Å²) in [5.74, 6) is 0.391. The summed E-state index contributed by atoms with van der Waals surface area (Å²) in [7, 11) is 4.50. The van der Waals surface area contributed by atoms with Gasteiger partial charge in [-0.05, 0) is 48.4 Å². The summed E-state index contributed by atoms with van der Waals surface area (Å²) in [6.45, 7) is 2.68. The lowest BCUT2D eigenvalue weighted by molar-refractivity contribution is -0.139. The molecule has 9 nitrogen and oxygen atoms in total. The molecular weight excluding hydrogens is 474 g/mol. The van der Waals surface area contributed by atoms with Crippen LogP contribution in [0.3, 0.4) is 0 Å². The summed E-state index contributed by atoms with van der Waals surface area (Å²) in [4.78, 5) is 38.8. The van der Waals surface area contributed by atoms with E-state index in [1.165, 1.54) is 19.1 Å². The molecule has 3 aromatic carbocycles. The molecule has 0 fully saturated rings. The van der Waals surface area contributed by atoms with Crippen molar-refractivity contribution < 1.29 is 28.6 Å². The van der Waals surface area contributed by atoms with Crippen LogP contribution < -0.4 is 20.1 Å². The van der Waals surface area contributed by atoms with E-state index in [1.54, 1.807) is 43.4 Å². The first-order valence-corrected chi connectivity index (χ1v) is 11.7. The van der Waals surface area contributed by atoms with Crippen molar-refractivity contribution in [2.75, 3.05) is 33.1 Å². The normalized spacial score (nSPS) is 10.3. The van der Waals surface area contributed by atoms with Crippen molar-refractivity contribution in [3.8, 4) is 17.2 Å². The van der Waals surface area contributed by atoms with E-state index in [-0.39, 0.29) is 18.4 Å². The van der Waals surface area contributed by atoms with Crippen molar-refractivity contribution >= 4 is 23.6 Å². The van der Waals surface area contributed by atoms with Gasteiger partial charge in [-0.3, -0.25) is 9.59 Å². The first-order chi connectivity index (χ1) is 17.8. The van der Waals surface area contributed by atoms with Crippen LogP contribution in [-0.4, -0.2) is 50.6 Å². The second-order valence-corrected chi connectivity index (χ2v) is 8.18. The maximum Gasteiger partial charge on any atom is 0.321 e. The summed E-state index contributed by atoms with van der Waals surface area (Å²) in [6.07, 6.45) is 0.0564. The molecule has 0 saturated heterocycles. The first kappa shape index (κ1) is 27.1. The zero-order chi connectivity index (χ0) is 26.8. The number of carbonyl (C=O) groups is 3. The molecule has 0 heterocycles. The quantitative estimate of drug-likeness (QED) is 0.390. The molecule has 0 aliphatic carbocycles. The summed E-state index contributed by atoms with van der Waals surface area (Å²) < 4.78 is 16.3. The van der Waals surface area contributed by atoms with Crippen LogP contribution in [0.4, 0.5) is 10.5 Å². The molecule has 0 unspecified atom stereocenters. The Balaban J connectivity index is 1.91. The number of rotatable bonds is 10. The van der Waals surface area contributed by atoms with Gasteiger partial charge in [-0.15, -0.1) is 0 Å². The SMILES string of the molecule is CCNC(=O)c1ccc(Oc2cc(CC(=O)OC)ccc2OC)c(NC(=O)N(C)Cc2ccccc2)c1.